The molecular weight excluding hydrogens is 306 g/mol. The van der Waals surface area contributed by atoms with E-state index in [2.05, 4.69) is 48.0 Å². The van der Waals surface area contributed by atoms with Crippen molar-refractivity contribution in [3.63, 3.8) is 0 Å². The molecule has 1 aliphatic rings. The fourth-order valence-corrected chi connectivity index (χ4v) is 0.980. The zero-order chi connectivity index (χ0) is 16.9. The van der Waals surface area contributed by atoms with E-state index in [1.165, 1.54) is 12.0 Å². The summed E-state index contributed by atoms with van der Waals surface area (Å²) in [4.78, 5) is 0. The molecule has 0 aromatic carbocycles. The third-order valence-corrected chi connectivity index (χ3v) is 2.81. The summed E-state index contributed by atoms with van der Waals surface area (Å²) in [7, 11) is 5.42. The van der Waals surface area contributed by atoms with E-state index < -0.39 is 0 Å². The minimum atomic E-state index is 0. The molecule has 0 fully saturated rings. The van der Waals surface area contributed by atoms with Crippen molar-refractivity contribution in [2.45, 2.75) is 47.5 Å². The molecule has 1 atom stereocenters. The Morgan fingerprint density at radius 3 is 1.50 bits per heavy atom. The van der Waals surface area contributed by atoms with Gasteiger partial charge in [-0.05, 0) is 0 Å². The summed E-state index contributed by atoms with van der Waals surface area (Å²) in [6.07, 6.45) is 9.93. The molecule has 4 heteroatoms. The second-order valence-electron chi connectivity index (χ2n) is 4.45. The summed E-state index contributed by atoms with van der Waals surface area (Å²) in [6, 6.07) is 0. The largest absolute Gasteiger partial charge is 4.00 e. The van der Waals surface area contributed by atoms with Crippen molar-refractivity contribution in [2.75, 3.05) is 40.8 Å². The van der Waals surface area contributed by atoms with Crippen LogP contribution in [0.15, 0.2) is 17.7 Å². The fourth-order valence-electron chi connectivity index (χ4n) is 0.980. The van der Waals surface area contributed by atoms with Gasteiger partial charge in [-0.2, -0.15) is 46.9 Å². The van der Waals surface area contributed by atoms with Gasteiger partial charge in [0.15, 0.2) is 0 Å². The Morgan fingerprint density at radius 1 is 0.955 bits per heavy atom. The molecule has 0 bridgehead atoms. The quantitative estimate of drug-likeness (QED) is 0.451. The molecule has 0 radical (unpaired) electrons. The molecule has 0 heterocycles. The van der Waals surface area contributed by atoms with Crippen molar-refractivity contribution >= 4 is 0 Å². The predicted molar refractivity (Wildman–Crippen MR) is 99.4 cm³/mol. The Labute approximate surface area is 155 Å². The molecule has 0 amide bonds. The van der Waals surface area contributed by atoms with Crippen molar-refractivity contribution in [1.29, 1.82) is 0 Å². The van der Waals surface area contributed by atoms with Crippen LogP contribution in [0.25, 0.3) is 16.0 Å². The van der Waals surface area contributed by atoms with Gasteiger partial charge < -0.3 is 16.0 Å². The Balaban J connectivity index is -0.000000107. The third kappa shape index (κ3) is 28.3. The number of hydrogen-bond donors (Lipinski definition) is 0. The summed E-state index contributed by atoms with van der Waals surface area (Å²) in [5.74, 6) is 0.712. The van der Waals surface area contributed by atoms with Crippen LogP contribution >= 0.6 is 0 Å². The molecule has 1 rings (SSSR count). The molecule has 0 N–H and O–H groups in total. The van der Waals surface area contributed by atoms with Crippen molar-refractivity contribution in [1.82, 2.24) is 0 Å². The third-order valence-electron chi connectivity index (χ3n) is 2.81. The van der Waals surface area contributed by atoms with Crippen molar-refractivity contribution in [3.8, 4) is 0 Å². The average molecular weight is 343 g/mol. The molecule has 0 aromatic rings. The van der Waals surface area contributed by atoms with E-state index in [0.29, 0.717) is 5.92 Å². The van der Waals surface area contributed by atoms with Gasteiger partial charge in [0, 0.05) is 0 Å². The molecular formula is C18H37N3Ti. The molecule has 1 aliphatic carbocycles. The average Bonchev–Trinajstić information content (AvgIpc) is 3.09. The van der Waals surface area contributed by atoms with E-state index >= 15 is 0 Å². The Kier molecular flexibility index (Phi) is 39.7. The standard InChI is InChI=1S/C9H13.3C3H8N.Ti/c1-3-8(2)9-6-4-5-7-9;3*1-3-4-2;/h4,6,8H,3,5H2,1-2H3;3*3H2,1-2H3;/q4*-1;+4. The second kappa shape index (κ2) is 29.1. The van der Waals surface area contributed by atoms with Crippen LogP contribution in [-0.2, 0) is 21.7 Å². The van der Waals surface area contributed by atoms with Gasteiger partial charge in [0.05, 0.1) is 0 Å². The monoisotopic (exact) mass is 343 g/mol. The van der Waals surface area contributed by atoms with E-state index in [0.717, 1.165) is 26.1 Å². The zero-order valence-corrected chi connectivity index (χ0v) is 17.7. The topological polar surface area (TPSA) is 42.3 Å². The van der Waals surface area contributed by atoms with Gasteiger partial charge in [0.1, 0.15) is 0 Å². The Hall–Kier alpha value is 0.0743. The van der Waals surface area contributed by atoms with Crippen LogP contribution in [0.5, 0.6) is 0 Å². The second-order valence-corrected chi connectivity index (χ2v) is 4.45. The minimum absolute atomic E-state index is 0. The first-order valence-electron chi connectivity index (χ1n) is 8.03. The maximum Gasteiger partial charge on any atom is 4.00 e. The van der Waals surface area contributed by atoms with E-state index in [4.69, 9.17) is 0 Å². The molecule has 0 saturated carbocycles. The van der Waals surface area contributed by atoms with Crippen molar-refractivity contribution in [3.05, 3.63) is 39.8 Å². The molecule has 0 spiro atoms. The number of allylic oxidation sites excluding steroid dienone is 4. The number of hydrogen-bond acceptors (Lipinski definition) is 0. The van der Waals surface area contributed by atoms with E-state index in [1.54, 1.807) is 21.1 Å². The summed E-state index contributed by atoms with van der Waals surface area (Å²) < 4.78 is 0. The molecule has 0 aliphatic heterocycles. The molecule has 128 valence electrons. The van der Waals surface area contributed by atoms with E-state index in [9.17, 15) is 0 Å². The van der Waals surface area contributed by atoms with Crippen LogP contribution in [0.1, 0.15) is 47.5 Å². The summed E-state index contributed by atoms with van der Waals surface area (Å²) >= 11 is 0. The van der Waals surface area contributed by atoms with Crippen LogP contribution in [0.2, 0.25) is 0 Å². The summed E-state index contributed by atoms with van der Waals surface area (Å²) in [6.45, 7) is 13.3. The summed E-state index contributed by atoms with van der Waals surface area (Å²) in [5.41, 5.74) is 1.40. The molecule has 0 saturated heterocycles. The molecule has 0 aromatic heterocycles. The van der Waals surface area contributed by atoms with Gasteiger partial charge >= 0.3 is 21.7 Å². The Bertz CT molecular complexity index is 213. The van der Waals surface area contributed by atoms with Gasteiger partial charge in [-0.1, -0.05) is 47.0 Å². The van der Waals surface area contributed by atoms with E-state index in [-0.39, 0.29) is 21.7 Å². The summed E-state index contributed by atoms with van der Waals surface area (Å²) in [5, 5.41) is 11.2. The zero-order valence-electron chi connectivity index (χ0n) is 16.1. The van der Waals surface area contributed by atoms with Crippen LogP contribution < -0.4 is 0 Å². The first kappa shape index (κ1) is 30.0. The van der Waals surface area contributed by atoms with Crippen LogP contribution in [-0.4, -0.2) is 40.8 Å². The Morgan fingerprint density at radius 2 is 1.32 bits per heavy atom. The first-order chi connectivity index (χ1) is 10.1. The van der Waals surface area contributed by atoms with Gasteiger partial charge in [-0.15, -0.1) is 6.42 Å². The van der Waals surface area contributed by atoms with Crippen LogP contribution in [0.3, 0.4) is 0 Å². The fraction of sp³-hybridized carbons (Fsp3) is 0.778. The van der Waals surface area contributed by atoms with Gasteiger partial charge in [0.25, 0.3) is 0 Å². The first-order valence-corrected chi connectivity index (χ1v) is 8.03. The smallest absolute Gasteiger partial charge is 0.665 e. The van der Waals surface area contributed by atoms with Gasteiger partial charge in [0.2, 0.25) is 0 Å². The maximum absolute atomic E-state index is 3.74. The SMILES string of the molecule is CCC(C)C1=[C-]CC=C1.CC[N-]C.CC[N-]C.CC[N-]C.[Ti+4]. The number of rotatable bonds is 5. The van der Waals surface area contributed by atoms with Crippen molar-refractivity contribution < 1.29 is 21.7 Å². The van der Waals surface area contributed by atoms with E-state index in [1.807, 2.05) is 20.8 Å². The van der Waals surface area contributed by atoms with Crippen LogP contribution in [0, 0.1) is 12.0 Å². The maximum atomic E-state index is 3.74. The normalized spacial score (nSPS) is 12.3. The van der Waals surface area contributed by atoms with Crippen molar-refractivity contribution in [2.24, 2.45) is 5.92 Å². The number of nitrogens with zero attached hydrogens (tertiary/aromatic N) is 3. The minimum Gasteiger partial charge on any atom is -0.665 e. The predicted octanol–water partition coefficient (Wildman–Crippen LogP) is 5.75. The molecule has 3 nitrogen and oxygen atoms in total. The van der Waals surface area contributed by atoms with Gasteiger partial charge in [-0.3, -0.25) is 6.08 Å². The molecule has 22 heavy (non-hydrogen) atoms. The molecule has 1 unspecified atom stereocenters. The van der Waals surface area contributed by atoms with Gasteiger partial charge in [-0.25, -0.2) is 11.6 Å². The van der Waals surface area contributed by atoms with Crippen LogP contribution in [0.4, 0.5) is 0 Å².